The van der Waals surface area contributed by atoms with E-state index in [2.05, 4.69) is 3.80 Å². The number of halogens is 2. The molecule has 1 aliphatic rings. The Labute approximate surface area is 136 Å². The fourth-order valence-corrected chi connectivity index (χ4v) is 2.85. The van der Waals surface area contributed by atoms with E-state index in [0.29, 0.717) is 0 Å². The third kappa shape index (κ3) is 9.66. The van der Waals surface area contributed by atoms with Crippen molar-refractivity contribution in [2.24, 2.45) is 5.92 Å². The van der Waals surface area contributed by atoms with Crippen LogP contribution in [0.5, 0.6) is 0 Å². The van der Waals surface area contributed by atoms with Gasteiger partial charge < -0.3 is 0 Å². The van der Waals surface area contributed by atoms with Gasteiger partial charge in [0.2, 0.25) is 0 Å². The van der Waals surface area contributed by atoms with Crippen LogP contribution in [-0.2, 0) is 25.5 Å². The van der Waals surface area contributed by atoms with Crippen molar-refractivity contribution in [2.45, 2.75) is 70.6 Å². The van der Waals surface area contributed by atoms with Gasteiger partial charge in [-0.25, -0.2) is 0 Å². The average molecular weight is 331 g/mol. The summed E-state index contributed by atoms with van der Waals surface area (Å²) in [5.41, 5.74) is 0. The Balaban J connectivity index is 0. The molecule has 18 heavy (non-hydrogen) atoms. The second-order valence-electron chi connectivity index (χ2n) is 4.95. The van der Waals surface area contributed by atoms with Crippen LogP contribution in [0.1, 0.15) is 70.6 Å². The van der Waals surface area contributed by atoms with Gasteiger partial charge >= 0.3 is 112 Å². The van der Waals surface area contributed by atoms with Crippen molar-refractivity contribution in [3.63, 3.8) is 0 Å². The molecule has 1 saturated carbocycles. The van der Waals surface area contributed by atoms with E-state index in [1.54, 1.807) is 20.7 Å². The molecule has 0 spiro atoms. The number of carbonyl (C=O) groups is 1. The summed E-state index contributed by atoms with van der Waals surface area (Å²) in [5, 5.41) is 0. The molecule has 2 nitrogen and oxygen atoms in total. The first-order chi connectivity index (χ1) is 7.84. The molecule has 0 unspecified atom stereocenters. The Morgan fingerprint density at radius 2 is 1.11 bits per heavy atom. The summed E-state index contributed by atoms with van der Waals surface area (Å²) in [6.45, 7) is 0. The third-order valence-corrected chi connectivity index (χ3v) is 3.98. The molecule has 0 atom stereocenters. The van der Waals surface area contributed by atoms with Gasteiger partial charge in [0.15, 0.2) is 0 Å². The van der Waals surface area contributed by atoms with Gasteiger partial charge in [-0.05, 0) is 0 Å². The summed E-state index contributed by atoms with van der Waals surface area (Å²) in [4.78, 5) is 11.7. The molecule has 0 aliphatic heterocycles. The van der Waals surface area contributed by atoms with Gasteiger partial charge in [-0.3, -0.25) is 0 Å². The van der Waals surface area contributed by atoms with E-state index in [4.69, 9.17) is 0 Å². The molecule has 0 radical (unpaired) electrons. The normalized spacial score (nSPS) is 19.3. The van der Waals surface area contributed by atoms with E-state index in [9.17, 15) is 4.79 Å². The topological polar surface area (TPSA) is 29.1 Å². The molecular weight excluding hydrogens is 305 g/mol. The first-order valence-corrected chi connectivity index (χ1v) is 7.59. The Bertz CT molecular complexity index is 193. The summed E-state index contributed by atoms with van der Waals surface area (Å²) in [6.07, 6.45) is 14.2. The van der Waals surface area contributed by atoms with Gasteiger partial charge in [-0.15, -0.1) is 24.8 Å². The maximum absolute atomic E-state index is 11.7. The van der Waals surface area contributed by atoms with Crippen molar-refractivity contribution < 1.29 is 25.5 Å². The standard InChI is InChI=1S/C13H25NO.2ClH.Ti/c14-13(15)12-10-8-6-4-2-1-3-5-7-9-11-12;;;/h12H,1-11H2,(H2,14,15);2*1H;/q;;;+1/p-1. The zero-order chi connectivity index (χ0) is 11.6. The van der Waals surface area contributed by atoms with Crippen molar-refractivity contribution in [3.05, 3.63) is 0 Å². The fourth-order valence-electron chi connectivity index (χ4n) is 2.53. The molecule has 0 aromatic carbocycles. The van der Waals surface area contributed by atoms with Crippen LogP contribution in [0, 0.1) is 5.92 Å². The van der Waals surface area contributed by atoms with Crippen LogP contribution >= 0.6 is 24.8 Å². The van der Waals surface area contributed by atoms with Gasteiger partial charge in [-0.1, -0.05) is 0 Å². The Kier molecular flexibility index (Phi) is 16.6. The second kappa shape index (κ2) is 14.2. The van der Waals surface area contributed by atoms with Gasteiger partial charge in [0.1, 0.15) is 0 Å². The molecule has 0 aromatic heterocycles. The van der Waals surface area contributed by atoms with Crippen LogP contribution in [0.2, 0.25) is 0 Å². The number of nitrogens with one attached hydrogen (secondary N) is 1. The molecular formula is C13H26Cl2NOTi. The van der Waals surface area contributed by atoms with Crippen LogP contribution in [0.25, 0.3) is 0 Å². The predicted molar refractivity (Wildman–Crippen MR) is 76.9 cm³/mol. The van der Waals surface area contributed by atoms with Crippen molar-refractivity contribution in [1.82, 2.24) is 3.80 Å². The van der Waals surface area contributed by atoms with E-state index in [1.165, 1.54) is 57.8 Å². The molecule has 0 heterocycles. The van der Waals surface area contributed by atoms with Crippen LogP contribution < -0.4 is 3.80 Å². The quantitative estimate of drug-likeness (QED) is 0.712. The van der Waals surface area contributed by atoms with E-state index in [1.807, 2.05) is 0 Å². The Morgan fingerprint density at radius 3 is 1.44 bits per heavy atom. The summed E-state index contributed by atoms with van der Waals surface area (Å²) in [7, 11) is 0. The number of rotatable bonds is 1. The van der Waals surface area contributed by atoms with Gasteiger partial charge in [0.25, 0.3) is 0 Å². The minimum absolute atomic E-state index is 0. The molecule has 1 aliphatic carbocycles. The average Bonchev–Trinajstić information content (AvgIpc) is 2.29. The third-order valence-electron chi connectivity index (χ3n) is 3.60. The van der Waals surface area contributed by atoms with Crippen molar-refractivity contribution >= 4 is 30.7 Å². The number of carbonyl (C=O) groups excluding carboxylic acids is 1. The van der Waals surface area contributed by atoms with Crippen LogP contribution in [0.3, 0.4) is 0 Å². The van der Waals surface area contributed by atoms with Crippen molar-refractivity contribution in [2.75, 3.05) is 0 Å². The summed E-state index contributed by atoms with van der Waals surface area (Å²) >= 11 is 1.76. The first kappa shape index (κ1) is 21.1. The predicted octanol–water partition coefficient (Wildman–Crippen LogP) is 4.33. The summed E-state index contributed by atoms with van der Waals surface area (Å²) in [6, 6.07) is 0. The monoisotopic (exact) mass is 330 g/mol. The summed E-state index contributed by atoms with van der Waals surface area (Å²) in [5.74, 6) is 0.543. The Hall–Kier alpha value is 0.764. The molecule has 0 aromatic rings. The van der Waals surface area contributed by atoms with Gasteiger partial charge in [-0.2, -0.15) is 0 Å². The number of hydrogen-bond donors (Lipinski definition) is 1. The summed E-state index contributed by atoms with van der Waals surface area (Å²) < 4.78 is 2.81. The van der Waals surface area contributed by atoms with E-state index in [0.717, 1.165) is 12.8 Å². The van der Waals surface area contributed by atoms with E-state index >= 15 is 0 Å². The zero-order valence-electron chi connectivity index (χ0n) is 11.1. The van der Waals surface area contributed by atoms with Crippen LogP contribution in [0.4, 0.5) is 0 Å². The molecule has 5 heteroatoms. The van der Waals surface area contributed by atoms with Crippen molar-refractivity contribution in [1.29, 1.82) is 0 Å². The number of hydrogen-bond acceptors (Lipinski definition) is 1. The van der Waals surface area contributed by atoms with E-state index in [-0.39, 0.29) is 36.6 Å². The molecule has 0 saturated heterocycles. The Morgan fingerprint density at radius 1 is 0.778 bits per heavy atom. The molecule has 107 valence electrons. The number of amides is 1. The van der Waals surface area contributed by atoms with Crippen LogP contribution in [0.15, 0.2) is 0 Å². The maximum atomic E-state index is 11.7. The van der Waals surface area contributed by atoms with Gasteiger partial charge in [0.05, 0.1) is 0 Å². The van der Waals surface area contributed by atoms with E-state index < -0.39 is 0 Å². The van der Waals surface area contributed by atoms with Crippen molar-refractivity contribution in [3.8, 4) is 0 Å². The second-order valence-corrected chi connectivity index (χ2v) is 5.34. The van der Waals surface area contributed by atoms with Gasteiger partial charge in [0, 0.05) is 0 Å². The molecule has 1 amide bonds. The molecule has 1 fully saturated rings. The molecule has 1 N–H and O–H groups in total. The first-order valence-electron chi connectivity index (χ1n) is 6.81. The van der Waals surface area contributed by atoms with Crippen LogP contribution in [-0.4, -0.2) is 5.91 Å². The fraction of sp³-hybridized carbons (Fsp3) is 0.923. The molecule has 1 rings (SSSR count). The minimum atomic E-state index is 0. The molecule has 0 bridgehead atoms. The zero-order valence-corrected chi connectivity index (χ0v) is 14.3. The SMILES string of the molecule is Cl.Cl.O=C([NH][Ti])C1CCCCCCCCCCC1.